The molecule has 0 spiro atoms. The number of hydrogen-bond acceptors (Lipinski definition) is 4. The fraction of sp³-hybridized carbons (Fsp3) is 0.0769. The summed E-state index contributed by atoms with van der Waals surface area (Å²) in [4.78, 5) is 8.12. The summed E-state index contributed by atoms with van der Waals surface area (Å²) in [6, 6.07) is 21.2. The van der Waals surface area contributed by atoms with E-state index < -0.39 is 4.87 Å². The number of rotatable bonds is 4. The van der Waals surface area contributed by atoms with E-state index in [9.17, 15) is 0 Å². The van der Waals surface area contributed by atoms with Gasteiger partial charge in [0.2, 0.25) is 0 Å². The van der Waals surface area contributed by atoms with Crippen molar-refractivity contribution >= 4 is 51.5 Å². The van der Waals surface area contributed by atoms with Crippen LogP contribution < -0.4 is 0 Å². The molecule has 3 heterocycles. The van der Waals surface area contributed by atoms with Crippen molar-refractivity contribution in [3.63, 3.8) is 0 Å². The number of fused-ring (bicyclic) bond motifs is 3. The van der Waals surface area contributed by atoms with Crippen LogP contribution in [0, 0.1) is 0 Å². The Morgan fingerprint density at radius 1 is 0.857 bits per heavy atom. The van der Waals surface area contributed by atoms with Crippen molar-refractivity contribution in [2.24, 2.45) is 7.05 Å². The molecule has 0 saturated heterocycles. The van der Waals surface area contributed by atoms with Gasteiger partial charge in [0.05, 0.1) is 29.4 Å². The third-order valence-corrected chi connectivity index (χ3v) is 7.28. The quantitative estimate of drug-likeness (QED) is 0.249. The minimum absolute atomic E-state index is 0.502. The first-order valence-electron chi connectivity index (χ1n) is 10.8. The van der Waals surface area contributed by atoms with Crippen LogP contribution >= 0.6 is 34.8 Å². The van der Waals surface area contributed by atoms with Crippen molar-refractivity contribution < 1.29 is 0 Å². The van der Waals surface area contributed by atoms with Gasteiger partial charge in [0.15, 0.2) is 0 Å². The molecule has 0 radical (unpaired) electrons. The molecule has 0 aliphatic rings. The average Bonchev–Trinajstić information content (AvgIpc) is 3.52. The normalized spacial score (nSPS) is 13.4. The smallest absolute Gasteiger partial charge is 0.255 e. The number of nitrogens with zero attached hydrogens (tertiary/aromatic N) is 6. The molecule has 6 rings (SSSR count). The maximum Gasteiger partial charge on any atom is 0.255 e. The van der Waals surface area contributed by atoms with Gasteiger partial charge in [0.1, 0.15) is 11.2 Å². The van der Waals surface area contributed by atoms with Gasteiger partial charge in [-0.3, -0.25) is 4.40 Å². The lowest BCUT2D eigenvalue weighted by Crippen LogP contribution is -2.25. The zero-order chi connectivity index (χ0) is 24.2. The largest absolute Gasteiger partial charge is 0.336 e. The summed E-state index contributed by atoms with van der Waals surface area (Å²) in [6.07, 6.45) is 5.17. The number of aromatic nitrogens is 6. The van der Waals surface area contributed by atoms with Crippen molar-refractivity contribution in [3.8, 4) is 11.3 Å². The summed E-state index contributed by atoms with van der Waals surface area (Å²) in [5, 5.41) is 10.4. The second kappa shape index (κ2) is 8.34. The van der Waals surface area contributed by atoms with Gasteiger partial charge in [-0.25, -0.2) is 9.97 Å². The Hall–Kier alpha value is -3.45. The lowest BCUT2D eigenvalue weighted by molar-refractivity contribution is 0.746. The summed E-state index contributed by atoms with van der Waals surface area (Å²) in [7, 11) is 1.93. The van der Waals surface area contributed by atoms with Crippen LogP contribution in [0.25, 0.3) is 27.9 Å². The topological polar surface area (TPSA) is 60.9 Å². The Morgan fingerprint density at radius 2 is 1.66 bits per heavy atom. The molecule has 0 N–H and O–H groups in total. The first kappa shape index (κ1) is 22.0. The zero-order valence-corrected chi connectivity index (χ0v) is 20.7. The highest BCUT2D eigenvalue weighted by Crippen LogP contribution is 2.44. The Kier molecular flexibility index (Phi) is 5.25. The number of hydrogen-bond donors (Lipinski definition) is 0. The minimum Gasteiger partial charge on any atom is -0.336 e. The van der Waals surface area contributed by atoms with Crippen molar-refractivity contribution in [1.29, 1.82) is 0 Å². The van der Waals surface area contributed by atoms with Gasteiger partial charge in [-0.2, -0.15) is 0 Å². The van der Waals surface area contributed by atoms with E-state index in [0.29, 0.717) is 15.8 Å². The molecular weight excluding hydrogens is 503 g/mol. The number of aryl methyl sites for hydroxylation is 1. The first-order chi connectivity index (χ1) is 16.9. The fourth-order valence-electron chi connectivity index (χ4n) is 4.47. The molecule has 1 atom stereocenters. The van der Waals surface area contributed by atoms with E-state index in [1.54, 1.807) is 18.9 Å². The van der Waals surface area contributed by atoms with E-state index >= 15 is 0 Å². The Balaban J connectivity index is 1.68. The summed E-state index contributed by atoms with van der Waals surface area (Å²) in [5.74, 6) is 0.502. The van der Waals surface area contributed by atoms with Gasteiger partial charge in [0, 0.05) is 28.0 Å². The molecule has 35 heavy (non-hydrogen) atoms. The molecule has 9 heteroatoms. The van der Waals surface area contributed by atoms with Gasteiger partial charge >= 0.3 is 0 Å². The van der Waals surface area contributed by atoms with Gasteiger partial charge in [-0.1, -0.05) is 53.5 Å². The molecule has 172 valence electrons. The monoisotopic (exact) mass is 518 g/mol. The van der Waals surface area contributed by atoms with Crippen molar-refractivity contribution in [2.75, 3.05) is 0 Å². The molecule has 0 amide bonds. The van der Waals surface area contributed by atoms with Gasteiger partial charge in [-0.15, -0.1) is 21.8 Å². The molecule has 0 aliphatic carbocycles. The number of imidazole rings is 1. The van der Waals surface area contributed by atoms with Crippen LogP contribution in [0.4, 0.5) is 0 Å². The second-order valence-corrected chi connectivity index (χ2v) is 9.70. The van der Waals surface area contributed by atoms with Crippen LogP contribution in [-0.2, 0) is 11.9 Å². The molecule has 0 fully saturated rings. The lowest BCUT2D eigenvalue weighted by Gasteiger charge is -2.29. The molecule has 6 aromatic rings. The van der Waals surface area contributed by atoms with Crippen molar-refractivity contribution in [3.05, 3.63) is 112 Å². The number of benzene rings is 3. The summed E-state index contributed by atoms with van der Waals surface area (Å²) in [6.45, 7) is 0. The summed E-state index contributed by atoms with van der Waals surface area (Å²) >= 11 is 20.1. The van der Waals surface area contributed by atoms with E-state index in [4.69, 9.17) is 39.8 Å². The lowest BCUT2D eigenvalue weighted by atomic mass is 9.86. The highest BCUT2D eigenvalue weighted by molar-refractivity contribution is 6.31. The predicted octanol–water partition coefficient (Wildman–Crippen LogP) is 6.52. The molecule has 0 aliphatic heterocycles. The van der Waals surface area contributed by atoms with Crippen LogP contribution in [0.1, 0.15) is 16.8 Å². The van der Waals surface area contributed by atoms with E-state index in [-0.39, 0.29) is 0 Å². The van der Waals surface area contributed by atoms with Gasteiger partial charge in [0.25, 0.3) is 5.78 Å². The molecule has 1 unspecified atom stereocenters. The second-order valence-electron chi connectivity index (χ2n) is 8.26. The Labute approximate surface area is 215 Å². The van der Waals surface area contributed by atoms with E-state index in [0.717, 1.165) is 39.0 Å². The molecule has 3 aromatic heterocycles. The third kappa shape index (κ3) is 3.57. The third-order valence-electron chi connectivity index (χ3n) is 6.16. The molecule has 6 nitrogen and oxygen atoms in total. The van der Waals surface area contributed by atoms with E-state index in [1.165, 1.54) is 0 Å². The van der Waals surface area contributed by atoms with Crippen LogP contribution in [0.5, 0.6) is 0 Å². The van der Waals surface area contributed by atoms with Gasteiger partial charge < -0.3 is 4.57 Å². The molecule has 0 saturated carbocycles. The first-order valence-corrected chi connectivity index (χ1v) is 11.9. The molecular formula is C26H17Cl3N6. The predicted molar refractivity (Wildman–Crippen MR) is 139 cm³/mol. The average molecular weight is 520 g/mol. The highest BCUT2D eigenvalue weighted by atomic mass is 35.5. The summed E-state index contributed by atoms with van der Waals surface area (Å²) in [5.41, 5.74) is 5.06. The van der Waals surface area contributed by atoms with Crippen molar-refractivity contribution in [1.82, 2.24) is 29.1 Å². The van der Waals surface area contributed by atoms with Crippen LogP contribution in [0.3, 0.4) is 0 Å². The van der Waals surface area contributed by atoms with Crippen LogP contribution in [-0.4, -0.2) is 29.1 Å². The Bertz CT molecular complexity index is 1710. The maximum atomic E-state index is 7.56. The number of halogens is 3. The zero-order valence-electron chi connectivity index (χ0n) is 18.4. The SMILES string of the molecule is Cn1cncc1C(Cl)(c1ccc(Cl)cc1)c1ccc2c(c1)c(-c1cccc(Cl)c1)nc1nncn12. The standard InChI is InChI=1S/C26H17Cl3N6/c1-34-14-30-13-23(34)26(29,17-5-8-19(27)9-6-17)18-7-10-22-21(12-18)24(16-3-2-4-20(28)11-16)32-25-33-31-15-35(22)25/h2-15H,1H3. The maximum absolute atomic E-state index is 7.56. The van der Waals surface area contributed by atoms with Gasteiger partial charge in [-0.05, 0) is 47.5 Å². The van der Waals surface area contributed by atoms with Crippen molar-refractivity contribution in [2.45, 2.75) is 4.87 Å². The van der Waals surface area contributed by atoms with E-state index in [1.807, 2.05) is 76.7 Å². The van der Waals surface area contributed by atoms with Crippen LogP contribution in [0.15, 0.2) is 85.6 Å². The van der Waals surface area contributed by atoms with E-state index in [2.05, 4.69) is 21.2 Å². The summed E-state index contributed by atoms with van der Waals surface area (Å²) < 4.78 is 3.78. The highest BCUT2D eigenvalue weighted by Gasteiger charge is 2.37. The van der Waals surface area contributed by atoms with Crippen LogP contribution in [0.2, 0.25) is 10.0 Å². The number of alkyl halides is 1. The molecule has 3 aromatic carbocycles. The molecule has 0 bridgehead atoms. The Morgan fingerprint density at radius 3 is 2.40 bits per heavy atom. The fourth-order valence-corrected chi connectivity index (χ4v) is 5.21. The minimum atomic E-state index is -1.03.